The molecule has 8 heteroatoms. The van der Waals surface area contributed by atoms with Crippen molar-refractivity contribution < 1.29 is 29.6 Å². The first kappa shape index (κ1) is 42.0. The SMILES string of the molecule is CN1CCCC1CCCl.CN1CCCC1CCN(c1ccccc1)c1ccccc1.Cl.[NH2-].[Na+].c1ccc(Nc2ccccc2)cc1. The number of hydrogen-bond donors (Lipinski definition) is 1. The van der Waals surface area contributed by atoms with Crippen LogP contribution in [0.1, 0.15) is 38.5 Å². The minimum absolute atomic E-state index is 0. The quantitative estimate of drug-likeness (QED) is 0.147. The van der Waals surface area contributed by atoms with Gasteiger partial charge in [0.05, 0.1) is 0 Å². The zero-order valence-electron chi connectivity index (χ0n) is 28.0. The number of hydrogen-bond acceptors (Lipinski definition) is 4. The zero-order valence-corrected chi connectivity index (χ0v) is 31.6. The van der Waals surface area contributed by atoms with Gasteiger partial charge < -0.3 is 26.2 Å². The van der Waals surface area contributed by atoms with Gasteiger partial charge in [0.15, 0.2) is 0 Å². The van der Waals surface area contributed by atoms with E-state index in [-0.39, 0.29) is 48.1 Å². The number of rotatable bonds is 9. The van der Waals surface area contributed by atoms with E-state index in [0.717, 1.165) is 42.3 Å². The van der Waals surface area contributed by atoms with Crippen LogP contribution in [0, 0.1) is 0 Å². The van der Waals surface area contributed by atoms with Crippen LogP contribution in [0.25, 0.3) is 6.15 Å². The Hall–Kier alpha value is -2.06. The van der Waals surface area contributed by atoms with Crippen LogP contribution in [0.15, 0.2) is 121 Å². The van der Waals surface area contributed by atoms with Gasteiger partial charge in [-0.15, -0.1) is 24.0 Å². The van der Waals surface area contributed by atoms with Crippen LogP contribution < -0.4 is 39.8 Å². The molecule has 2 fully saturated rings. The molecule has 4 aromatic rings. The van der Waals surface area contributed by atoms with E-state index < -0.39 is 0 Å². The first-order valence-electron chi connectivity index (χ1n) is 15.8. The predicted molar refractivity (Wildman–Crippen MR) is 200 cm³/mol. The van der Waals surface area contributed by atoms with Crippen LogP contribution in [-0.2, 0) is 0 Å². The van der Waals surface area contributed by atoms with Crippen molar-refractivity contribution in [3.8, 4) is 0 Å². The largest absolute Gasteiger partial charge is 1.00 e. The molecule has 2 saturated heterocycles. The van der Waals surface area contributed by atoms with E-state index >= 15 is 0 Å². The summed E-state index contributed by atoms with van der Waals surface area (Å²) in [4.78, 5) is 7.35. The summed E-state index contributed by atoms with van der Waals surface area (Å²) >= 11 is 5.62. The molecule has 46 heavy (non-hydrogen) atoms. The Labute approximate surface area is 312 Å². The number of halogens is 2. The molecule has 2 unspecified atom stereocenters. The Morgan fingerprint density at radius 3 is 1.35 bits per heavy atom. The standard InChI is InChI=1S/C19H24N2.C12H11N.C7H14ClN.ClH.H2N.Na/c1-20-15-8-13-17(20)14-16-21(18-9-4-2-5-10-18)19-11-6-3-7-12-19;1-3-7-11(8-4-1)13-12-9-5-2-6-10-12;1-9-6-2-3-7(9)4-5-8;;;/h2-7,9-12,17H,8,13-16H2,1H3;1-10,13H;7H,2-6H2,1H3;1H;1H2;/q;;;;-1;+1. The number of nitrogens with one attached hydrogen (secondary N) is 1. The number of para-hydroxylation sites is 4. The average Bonchev–Trinajstić information content (AvgIpc) is 3.67. The van der Waals surface area contributed by atoms with Crippen molar-refractivity contribution in [3.63, 3.8) is 0 Å². The summed E-state index contributed by atoms with van der Waals surface area (Å²) in [7, 11) is 4.44. The van der Waals surface area contributed by atoms with Crippen LogP contribution >= 0.6 is 24.0 Å². The molecule has 0 saturated carbocycles. The number of likely N-dealkylation sites (tertiary alicyclic amines) is 2. The van der Waals surface area contributed by atoms with Crippen molar-refractivity contribution in [1.29, 1.82) is 0 Å². The Morgan fingerprint density at radius 2 is 1.00 bits per heavy atom. The second-order valence-electron chi connectivity index (χ2n) is 11.5. The second kappa shape index (κ2) is 24.1. The van der Waals surface area contributed by atoms with Gasteiger partial charge in [-0.25, -0.2) is 0 Å². The Kier molecular flexibility index (Phi) is 22.0. The van der Waals surface area contributed by atoms with E-state index in [4.69, 9.17) is 11.6 Å². The van der Waals surface area contributed by atoms with E-state index in [1.54, 1.807) is 0 Å². The maximum absolute atomic E-state index is 5.62. The molecule has 6 rings (SSSR count). The van der Waals surface area contributed by atoms with Gasteiger partial charge in [0.2, 0.25) is 0 Å². The van der Waals surface area contributed by atoms with Crippen LogP contribution in [0.4, 0.5) is 22.7 Å². The molecule has 0 radical (unpaired) electrons. The van der Waals surface area contributed by atoms with Gasteiger partial charge in [0, 0.05) is 47.3 Å². The molecule has 0 aromatic heterocycles. The van der Waals surface area contributed by atoms with Crippen LogP contribution in [0.5, 0.6) is 0 Å². The number of alkyl halides is 1. The Morgan fingerprint density at radius 1 is 0.630 bits per heavy atom. The van der Waals surface area contributed by atoms with Gasteiger partial charge in [0.25, 0.3) is 0 Å². The number of nitrogens with two attached hydrogens (primary N) is 1. The molecule has 4 aromatic carbocycles. The smallest absolute Gasteiger partial charge is 0.693 e. The molecule has 0 spiro atoms. The van der Waals surface area contributed by atoms with Crippen molar-refractivity contribution in [2.75, 3.05) is 49.8 Å². The summed E-state index contributed by atoms with van der Waals surface area (Å²) in [6.45, 7) is 3.59. The van der Waals surface area contributed by atoms with Crippen molar-refractivity contribution in [1.82, 2.24) is 9.80 Å². The maximum Gasteiger partial charge on any atom is 1.00 e. The summed E-state index contributed by atoms with van der Waals surface area (Å²) in [6.07, 6.45) is 7.78. The fraction of sp³-hybridized carbons (Fsp3) is 0.368. The third kappa shape index (κ3) is 14.4. The van der Waals surface area contributed by atoms with Crippen molar-refractivity contribution in [2.24, 2.45) is 0 Å². The minimum Gasteiger partial charge on any atom is -0.693 e. The van der Waals surface area contributed by atoms with Crippen LogP contribution in [0.3, 0.4) is 0 Å². The number of nitrogens with zero attached hydrogens (tertiary/aromatic N) is 3. The zero-order chi connectivity index (χ0) is 30.1. The van der Waals surface area contributed by atoms with E-state index in [9.17, 15) is 0 Å². The molecule has 0 aliphatic carbocycles. The molecule has 5 nitrogen and oxygen atoms in total. The van der Waals surface area contributed by atoms with Gasteiger partial charge in [-0.05, 0) is 114 Å². The molecule has 0 amide bonds. The third-order valence-electron chi connectivity index (χ3n) is 8.44. The number of benzene rings is 4. The second-order valence-corrected chi connectivity index (χ2v) is 11.9. The molecule has 2 aliphatic heterocycles. The van der Waals surface area contributed by atoms with E-state index in [1.807, 2.05) is 60.7 Å². The third-order valence-corrected chi connectivity index (χ3v) is 8.66. The maximum atomic E-state index is 5.62. The molecule has 3 N–H and O–H groups in total. The van der Waals surface area contributed by atoms with E-state index in [2.05, 4.69) is 94.8 Å². The van der Waals surface area contributed by atoms with Gasteiger partial charge in [0.1, 0.15) is 0 Å². The van der Waals surface area contributed by atoms with Gasteiger partial charge in [-0.1, -0.05) is 72.8 Å². The van der Waals surface area contributed by atoms with E-state index in [0.29, 0.717) is 0 Å². The van der Waals surface area contributed by atoms with Crippen LogP contribution in [0.2, 0.25) is 0 Å². The molecule has 2 heterocycles. The van der Waals surface area contributed by atoms with E-state index in [1.165, 1.54) is 56.6 Å². The molecule has 244 valence electrons. The number of anilines is 4. The summed E-state index contributed by atoms with van der Waals surface area (Å²) in [6, 6.07) is 43.2. The normalized spacial score (nSPS) is 17.0. The topological polar surface area (TPSA) is 55.2 Å². The fourth-order valence-corrected chi connectivity index (χ4v) is 6.18. The fourth-order valence-electron chi connectivity index (χ4n) is 5.92. The summed E-state index contributed by atoms with van der Waals surface area (Å²) in [5.74, 6) is 0.814. The summed E-state index contributed by atoms with van der Waals surface area (Å²) < 4.78 is 0. The van der Waals surface area contributed by atoms with Gasteiger partial charge in [-0.2, -0.15) is 0 Å². The first-order chi connectivity index (χ1) is 21.1. The molecule has 2 atom stereocenters. The monoisotopic (exact) mass is 671 g/mol. The van der Waals surface area contributed by atoms with Crippen LogP contribution in [-0.4, -0.2) is 61.5 Å². The average molecular weight is 673 g/mol. The summed E-state index contributed by atoms with van der Waals surface area (Å²) in [5, 5.41) is 3.30. The summed E-state index contributed by atoms with van der Waals surface area (Å²) in [5.41, 5.74) is 4.80. The minimum atomic E-state index is 0. The van der Waals surface area contributed by atoms with Crippen molar-refractivity contribution >= 4 is 46.8 Å². The van der Waals surface area contributed by atoms with Crippen molar-refractivity contribution in [2.45, 2.75) is 50.6 Å². The van der Waals surface area contributed by atoms with Gasteiger partial charge in [-0.3, -0.25) is 0 Å². The molecule has 2 aliphatic rings. The predicted octanol–water partition coefficient (Wildman–Crippen LogP) is 7.59. The Balaban J connectivity index is 0.000000365. The molecular formula is C38H52Cl2N5Na. The Bertz CT molecular complexity index is 1190. The van der Waals surface area contributed by atoms with Gasteiger partial charge >= 0.3 is 29.6 Å². The van der Waals surface area contributed by atoms with Crippen molar-refractivity contribution in [3.05, 3.63) is 127 Å². The first-order valence-corrected chi connectivity index (χ1v) is 16.4. The molecular weight excluding hydrogens is 620 g/mol. The molecule has 0 bridgehead atoms.